The summed E-state index contributed by atoms with van der Waals surface area (Å²) in [6.07, 6.45) is 1.96. The molecule has 0 saturated carbocycles. The maximum absolute atomic E-state index is 5.47. The van der Waals surface area contributed by atoms with Crippen molar-refractivity contribution in [2.24, 2.45) is 0 Å². The second kappa shape index (κ2) is 5.50. The molecule has 0 aliphatic rings. The third-order valence-corrected chi connectivity index (χ3v) is 2.40. The first kappa shape index (κ1) is 11.7. The molecule has 17 heavy (non-hydrogen) atoms. The van der Waals surface area contributed by atoms with Crippen LogP contribution in [0.4, 0.5) is 0 Å². The van der Waals surface area contributed by atoms with Crippen LogP contribution in [-0.2, 0) is 6.54 Å². The zero-order valence-corrected chi connectivity index (χ0v) is 10.2. The zero-order chi connectivity index (χ0) is 12.1. The van der Waals surface area contributed by atoms with Crippen LogP contribution < -0.4 is 10.1 Å². The Hall–Kier alpha value is -1.81. The first-order chi connectivity index (χ1) is 8.33. The van der Waals surface area contributed by atoms with Crippen molar-refractivity contribution in [1.82, 2.24) is 15.1 Å². The monoisotopic (exact) mass is 231 g/mol. The van der Waals surface area contributed by atoms with Crippen LogP contribution in [0.15, 0.2) is 36.5 Å². The standard InChI is InChI=1S/C13H17N3O/c1-3-17-13-6-4-5-12(9-13)16-8-7-11(15-16)10-14-2/h4-9,14H,3,10H2,1-2H3. The van der Waals surface area contributed by atoms with E-state index in [4.69, 9.17) is 4.74 Å². The van der Waals surface area contributed by atoms with E-state index in [1.165, 1.54) is 0 Å². The molecular weight excluding hydrogens is 214 g/mol. The van der Waals surface area contributed by atoms with Gasteiger partial charge in [-0.1, -0.05) is 6.07 Å². The molecule has 0 amide bonds. The van der Waals surface area contributed by atoms with Crippen molar-refractivity contribution < 1.29 is 4.74 Å². The lowest BCUT2D eigenvalue weighted by Crippen LogP contribution is -2.06. The Morgan fingerprint density at radius 3 is 3.00 bits per heavy atom. The van der Waals surface area contributed by atoms with Gasteiger partial charge in [-0.2, -0.15) is 5.10 Å². The summed E-state index contributed by atoms with van der Waals surface area (Å²) in [6, 6.07) is 9.92. The quantitative estimate of drug-likeness (QED) is 0.855. The highest BCUT2D eigenvalue weighted by Gasteiger charge is 2.01. The Kier molecular flexibility index (Phi) is 3.77. The van der Waals surface area contributed by atoms with Gasteiger partial charge < -0.3 is 10.1 Å². The minimum atomic E-state index is 0.674. The second-order valence-corrected chi connectivity index (χ2v) is 3.71. The Morgan fingerprint density at radius 1 is 1.35 bits per heavy atom. The van der Waals surface area contributed by atoms with E-state index in [1.807, 2.05) is 55.2 Å². The van der Waals surface area contributed by atoms with Crippen LogP contribution in [0, 0.1) is 0 Å². The molecular formula is C13H17N3O. The van der Waals surface area contributed by atoms with Crippen LogP contribution in [0.1, 0.15) is 12.6 Å². The van der Waals surface area contributed by atoms with Gasteiger partial charge in [0.2, 0.25) is 0 Å². The highest BCUT2D eigenvalue weighted by molar-refractivity contribution is 5.38. The number of rotatable bonds is 5. The molecule has 0 unspecified atom stereocenters. The molecule has 0 bridgehead atoms. The van der Waals surface area contributed by atoms with Crippen molar-refractivity contribution in [2.75, 3.05) is 13.7 Å². The predicted octanol–water partition coefficient (Wildman–Crippen LogP) is 1.99. The highest BCUT2D eigenvalue weighted by Crippen LogP contribution is 2.16. The lowest BCUT2D eigenvalue weighted by Gasteiger charge is -2.06. The largest absolute Gasteiger partial charge is 0.494 e. The number of hydrogen-bond donors (Lipinski definition) is 1. The molecule has 4 nitrogen and oxygen atoms in total. The maximum atomic E-state index is 5.47. The van der Waals surface area contributed by atoms with E-state index >= 15 is 0 Å². The van der Waals surface area contributed by atoms with Crippen molar-refractivity contribution in [1.29, 1.82) is 0 Å². The van der Waals surface area contributed by atoms with E-state index in [9.17, 15) is 0 Å². The summed E-state index contributed by atoms with van der Waals surface area (Å²) in [7, 11) is 1.91. The molecule has 0 atom stereocenters. The summed E-state index contributed by atoms with van der Waals surface area (Å²) in [5.74, 6) is 0.871. The minimum Gasteiger partial charge on any atom is -0.494 e. The third-order valence-electron chi connectivity index (χ3n) is 2.40. The van der Waals surface area contributed by atoms with Crippen molar-refractivity contribution in [3.63, 3.8) is 0 Å². The van der Waals surface area contributed by atoms with Crippen molar-refractivity contribution >= 4 is 0 Å². The molecule has 4 heteroatoms. The molecule has 0 saturated heterocycles. The highest BCUT2D eigenvalue weighted by atomic mass is 16.5. The number of ether oxygens (including phenoxy) is 1. The number of benzene rings is 1. The Bertz CT molecular complexity index is 479. The van der Waals surface area contributed by atoms with E-state index in [0.717, 1.165) is 23.7 Å². The molecule has 2 rings (SSSR count). The van der Waals surface area contributed by atoms with Crippen LogP contribution in [-0.4, -0.2) is 23.4 Å². The Labute approximate surface area is 101 Å². The summed E-state index contributed by atoms with van der Waals surface area (Å²) >= 11 is 0. The van der Waals surface area contributed by atoms with Crippen molar-refractivity contribution in [3.05, 3.63) is 42.2 Å². The number of nitrogens with zero attached hydrogens (tertiary/aromatic N) is 2. The molecule has 1 aromatic heterocycles. The summed E-state index contributed by atoms with van der Waals surface area (Å²) in [6.45, 7) is 3.43. The smallest absolute Gasteiger partial charge is 0.121 e. The van der Waals surface area contributed by atoms with E-state index in [-0.39, 0.29) is 0 Å². The van der Waals surface area contributed by atoms with Crippen molar-refractivity contribution in [2.45, 2.75) is 13.5 Å². The van der Waals surface area contributed by atoms with E-state index in [1.54, 1.807) is 0 Å². The van der Waals surface area contributed by atoms with E-state index in [0.29, 0.717) is 6.61 Å². The molecule has 0 spiro atoms. The average molecular weight is 231 g/mol. The van der Waals surface area contributed by atoms with Gasteiger partial charge in [0.15, 0.2) is 0 Å². The fourth-order valence-corrected chi connectivity index (χ4v) is 1.66. The number of hydrogen-bond acceptors (Lipinski definition) is 3. The van der Waals surface area contributed by atoms with Crippen LogP contribution in [0.2, 0.25) is 0 Å². The molecule has 1 aromatic carbocycles. The number of nitrogens with one attached hydrogen (secondary N) is 1. The molecule has 90 valence electrons. The third kappa shape index (κ3) is 2.85. The molecule has 0 radical (unpaired) electrons. The molecule has 1 heterocycles. The van der Waals surface area contributed by atoms with Gasteiger partial charge in [0.25, 0.3) is 0 Å². The average Bonchev–Trinajstić information content (AvgIpc) is 2.79. The van der Waals surface area contributed by atoms with Crippen LogP contribution in [0.5, 0.6) is 5.75 Å². The fraction of sp³-hybridized carbons (Fsp3) is 0.308. The van der Waals surface area contributed by atoms with Gasteiger partial charge in [-0.15, -0.1) is 0 Å². The normalized spacial score (nSPS) is 10.5. The second-order valence-electron chi connectivity index (χ2n) is 3.71. The molecule has 0 aliphatic heterocycles. The first-order valence-electron chi connectivity index (χ1n) is 5.76. The first-order valence-corrected chi connectivity index (χ1v) is 5.76. The van der Waals surface area contributed by atoms with Gasteiger partial charge in [0, 0.05) is 18.8 Å². The van der Waals surface area contributed by atoms with E-state index < -0.39 is 0 Å². The van der Waals surface area contributed by atoms with Gasteiger partial charge in [-0.05, 0) is 32.2 Å². The summed E-state index contributed by atoms with van der Waals surface area (Å²) in [5.41, 5.74) is 2.03. The summed E-state index contributed by atoms with van der Waals surface area (Å²) in [5, 5.41) is 7.55. The minimum absolute atomic E-state index is 0.674. The topological polar surface area (TPSA) is 39.1 Å². The molecule has 1 N–H and O–H groups in total. The summed E-state index contributed by atoms with van der Waals surface area (Å²) < 4.78 is 7.33. The Balaban J connectivity index is 2.22. The summed E-state index contributed by atoms with van der Waals surface area (Å²) in [4.78, 5) is 0. The van der Waals surface area contributed by atoms with Gasteiger partial charge in [-0.3, -0.25) is 0 Å². The van der Waals surface area contributed by atoms with Gasteiger partial charge in [0.1, 0.15) is 5.75 Å². The fourth-order valence-electron chi connectivity index (χ4n) is 1.66. The SMILES string of the molecule is CCOc1cccc(-n2ccc(CNC)n2)c1. The predicted molar refractivity (Wildman–Crippen MR) is 67.5 cm³/mol. The molecule has 0 fully saturated rings. The molecule has 0 aliphatic carbocycles. The van der Waals surface area contributed by atoms with Gasteiger partial charge in [0.05, 0.1) is 18.0 Å². The number of aromatic nitrogens is 2. The van der Waals surface area contributed by atoms with Crippen molar-refractivity contribution in [3.8, 4) is 11.4 Å². The van der Waals surface area contributed by atoms with Gasteiger partial charge in [-0.25, -0.2) is 4.68 Å². The zero-order valence-electron chi connectivity index (χ0n) is 10.2. The maximum Gasteiger partial charge on any atom is 0.121 e. The van der Waals surface area contributed by atoms with Crippen LogP contribution in [0.3, 0.4) is 0 Å². The van der Waals surface area contributed by atoms with Crippen LogP contribution >= 0.6 is 0 Å². The van der Waals surface area contributed by atoms with E-state index in [2.05, 4.69) is 10.4 Å². The lowest BCUT2D eigenvalue weighted by atomic mass is 10.3. The Morgan fingerprint density at radius 2 is 2.24 bits per heavy atom. The van der Waals surface area contributed by atoms with Crippen LogP contribution in [0.25, 0.3) is 5.69 Å². The lowest BCUT2D eigenvalue weighted by molar-refractivity contribution is 0.340. The molecule has 2 aromatic rings. The van der Waals surface area contributed by atoms with Gasteiger partial charge >= 0.3 is 0 Å².